The molecule has 1 aliphatic rings. The summed E-state index contributed by atoms with van der Waals surface area (Å²) in [7, 11) is 0. The minimum absolute atomic E-state index is 0.122. The Bertz CT molecular complexity index is 940. The molecule has 0 unspecified atom stereocenters. The minimum atomic E-state index is -0.503. The topological polar surface area (TPSA) is 103 Å². The SMILES string of the molecule is C[C@@H](C(=O)Nc1ccccc1[N+](=O)[O-])N1CCCN(c2ccccc2C#N)CC1. The lowest BCUT2D eigenvalue weighted by atomic mass is 10.1. The molecule has 1 N–H and O–H groups in total. The van der Waals surface area contributed by atoms with Crippen molar-refractivity contribution in [1.29, 1.82) is 5.26 Å². The van der Waals surface area contributed by atoms with E-state index in [9.17, 15) is 20.2 Å². The summed E-state index contributed by atoms with van der Waals surface area (Å²) in [6.07, 6.45) is 0.850. The Labute approximate surface area is 169 Å². The van der Waals surface area contributed by atoms with Crippen LogP contribution in [0.4, 0.5) is 17.1 Å². The first-order valence-corrected chi connectivity index (χ1v) is 9.53. The summed E-state index contributed by atoms with van der Waals surface area (Å²) in [4.78, 5) is 27.6. The van der Waals surface area contributed by atoms with Crippen LogP contribution in [0, 0.1) is 21.4 Å². The molecule has 29 heavy (non-hydrogen) atoms. The molecule has 3 rings (SSSR count). The maximum atomic E-state index is 12.7. The summed E-state index contributed by atoms with van der Waals surface area (Å²) in [6.45, 7) is 4.69. The standard InChI is InChI=1S/C21H23N5O3/c1-16(21(27)23-18-8-3-5-10-20(18)26(28)29)24-11-6-12-25(14-13-24)19-9-4-2-7-17(19)15-22/h2-5,7-10,16H,6,11-14H2,1H3,(H,23,27)/t16-/m0/s1. The summed E-state index contributed by atoms with van der Waals surface area (Å²) >= 11 is 0. The number of hydrogen-bond donors (Lipinski definition) is 1. The van der Waals surface area contributed by atoms with Crippen LogP contribution in [0.1, 0.15) is 18.9 Å². The lowest BCUT2D eigenvalue weighted by Crippen LogP contribution is -2.44. The van der Waals surface area contributed by atoms with Crippen LogP contribution >= 0.6 is 0 Å². The van der Waals surface area contributed by atoms with Gasteiger partial charge in [-0.25, -0.2) is 0 Å². The number of carbonyl (C=O) groups is 1. The molecule has 1 atom stereocenters. The van der Waals surface area contributed by atoms with Crippen molar-refractivity contribution in [3.63, 3.8) is 0 Å². The molecule has 0 bridgehead atoms. The van der Waals surface area contributed by atoms with Crippen LogP contribution < -0.4 is 10.2 Å². The van der Waals surface area contributed by atoms with Gasteiger partial charge in [-0.1, -0.05) is 24.3 Å². The molecule has 1 heterocycles. The Balaban J connectivity index is 1.66. The molecule has 0 aliphatic carbocycles. The largest absolute Gasteiger partial charge is 0.369 e. The summed E-state index contributed by atoms with van der Waals surface area (Å²) in [5.74, 6) is -0.273. The molecule has 0 saturated carbocycles. The third kappa shape index (κ3) is 4.70. The molecule has 1 saturated heterocycles. The molecule has 1 aliphatic heterocycles. The summed E-state index contributed by atoms with van der Waals surface area (Å²) < 4.78 is 0. The highest BCUT2D eigenvalue weighted by Gasteiger charge is 2.26. The Morgan fingerprint density at radius 2 is 1.86 bits per heavy atom. The molecule has 2 aromatic rings. The molecule has 1 fully saturated rings. The van der Waals surface area contributed by atoms with E-state index in [1.165, 1.54) is 12.1 Å². The third-order valence-corrected chi connectivity index (χ3v) is 5.18. The Morgan fingerprint density at radius 1 is 1.14 bits per heavy atom. The van der Waals surface area contributed by atoms with Crippen molar-refractivity contribution in [3.8, 4) is 6.07 Å². The Hall–Kier alpha value is -3.44. The number of nitro benzene ring substituents is 1. The average Bonchev–Trinajstić information content (AvgIpc) is 2.99. The van der Waals surface area contributed by atoms with Gasteiger partial charge in [0, 0.05) is 32.2 Å². The lowest BCUT2D eigenvalue weighted by molar-refractivity contribution is -0.383. The van der Waals surface area contributed by atoms with Crippen LogP contribution in [0.25, 0.3) is 0 Å². The predicted molar refractivity (Wildman–Crippen MR) is 111 cm³/mol. The van der Waals surface area contributed by atoms with Crippen LogP contribution in [0.2, 0.25) is 0 Å². The number of carbonyl (C=O) groups excluding carboxylic acids is 1. The normalized spacial score (nSPS) is 15.8. The minimum Gasteiger partial charge on any atom is -0.369 e. The first-order valence-electron chi connectivity index (χ1n) is 9.53. The van der Waals surface area contributed by atoms with E-state index in [0.717, 1.165) is 25.2 Å². The number of hydrogen-bond acceptors (Lipinski definition) is 6. The molecule has 150 valence electrons. The second-order valence-electron chi connectivity index (χ2n) is 6.95. The van der Waals surface area contributed by atoms with Crippen molar-refractivity contribution < 1.29 is 9.72 Å². The van der Waals surface area contributed by atoms with E-state index in [2.05, 4.69) is 21.2 Å². The molecule has 0 spiro atoms. The highest BCUT2D eigenvalue weighted by molar-refractivity contribution is 5.96. The number of nitro groups is 1. The Morgan fingerprint density at radius 3 is 2.62 bits per heavy atom. The lowest BCUT2D eigenvalue weighted by Gasteiger charge is -2.27. The summed E-state index contributed by atoms with van der Waals surface area (Å²) in [6, 6.07) is 15.5. The Kier molecular flexibility index (Phi) is 6.42. The van der Waals surface area contributed by atoms with Gasteiger partial charge in [0.05, 0.1) is 22.2 Å². The van der Waals surface area contributed by atoms with Crippen molar-refractivity contribution in [2.75, 3.05) is 36.4 Å². The fourth-order valence-electron chi connectivity index (χ4n) is 3.55. The highest BCUT2D eigenvalue weighted by Crippen LogP contribution is 2.24. The van der Waals surface area contributed by atoms with E-state index in [1.807, 2.05) is 25.1 Å². The van der Waals surface area contributed by atoms with Gasteiger partial charge in [-0.3, -0.25) is 19.8 Å². The van der Waals surface area contributed by atoms with Gasteiger partial charge in [0.1, 0.15) is 11.8 Å². The average molecular weight is 393 g/mol. The number of para-hydroxylation sites is 3. The number of rotatable bonds is 5. The second-order valence-corrected chi connectivity index (χ2v) is 6.95. The monoisotopic (exact) mass is 393 g/mol. The zero-order chi connectivity index (χ0) is 20.8. The van der Waals surface area contributed by atoms with Crippen LogP contribution in [-0.2, 0) is 4.79 Å². The number of nitrogens with zero attached hydrogens (tertiary/aromatic N) is 4. The maximum Gasteiger partial charge on any atom is 0.292 e. The first kappa shape index (κ1) is 20.3. The molecule has 1 amide bonds. The van der Waals surface area contributed by atoms with Crippen molar-refractivity contribution in [3.05, 3.63) is 64.2 Å². The van der Waals surface area contributed by atoms with Crippen molar-refractivity contribution >= 4 is 23.0 Å². The van der Waals surface area contributed by atoms with Gasteiger partial charge in [0.25, 0.3) is 5.69 Å². The third-order valence-electron chi connectivity index (χ3n) is 5.18. The molecule has 0 aromatic heterocycles. The fraction of sp³-hybridized carbons (Fsp3) is 0.333. The maximum absolute atomic E-state index is 12.7. The van der Waals surface area contributed by atoms with Crippen LogP contribution in [0.15, 0.2) is 48.5 Å². The quantitative estimate of drug-likeness (QED) is 0.619. The molecular weight excluding hydrogens is 370 g/mol. The van der Waals surface area contributed by atoms with Crippen molar-refractivity contribution in [1.82, 2.24) is 4.90 Å². The van der Waals surface area contributed by atoms with Gasteiger partial charge in [0.2, 0.25) is 5.91 Å². The van der Waals surface area contributed by atoms with Crippen LogP contribution in [0.3, 0.4) is 0 Å². The zero-order valence-electron chi connectivity index (χ0n) is 16.2. The number of anilines is 2. The molecule has 0 radical (unpaired) electrons. The molecule has 2 aromatic carbocycles. The van der Waals surface area contributed by atoms with E-state index in [-0.39, 0.29) is 17.3 Å². The predicted octanol–water partition coefficient (Wildman–Crippen LogP) is 3.01. The molecule has 8 nitrogen and oxygen atoms in total. The zero-order valence-corrected chi connectivity index (χ0v) is 16.2. The van der Waals surface area contributed by atoms with Crippen LogP contribution in [0.5, 0.6) is 0 Å². The fourth-order valence-corrected chi connectivity index (χ4v) is 3.55. The van der Waals surface area contributed by atoms with E-state index in [1.54, 1.807) is 18.2 Å². The number of nitriles is 1. The van der Waals surface area contributed by atoms with Gasteiger partial charge in [-0.2, -0.15) is 5.26 Å². The first-order chi connectivity index (χ1) is 14.0. The van der Waals surface area contributed by atoms with E-state index in [4.69, 9.17) is 0 Å². The molecular formula is C21H23N5O3. The van der Waals surface area contributed by atoms with E-state index in [0.29, 0.717) is 18.7 Å². The van der Waals surface area contributed by atoms with Gasteiger partial charge in [-0.15, -0.1) is 0 Å². The van der Waals surface area contributed by atoms with Crippen molar-refractivity contribution in [2.45, 2.75) is 19.4 Å². The van der Waals surface area contributed by atoms with Crippen molar-refractivity contribution in [2.24, 2.45) is 0 Å². The summed E-state index contributed by atoms with van der Waals surface area (Å²) in [5.41, 5.74) is 1.63. The number of benzene rings is 2. The van der Waals surface area contributed by atoms with E-state index >= 15 is 0 Å². The smallest absolute Gasteiger partial charge is 0.292 e. The number of amides is 1. The van der Waals surface area contributed by atoms with E-state index < -0.39 is 11.0 Å². The highest BCUT2D eigenvalue weighted by atomic mass is 16.6. The van der Waals surface area contributed by atoms with Gasteiger partial charge in [-0.05, 0) is 31.5 Å². The second kappa shape index (κ2) is 9.17. The van der Waals surface area contributed by atoms with Crippen LogP contribution in [-0.4, -0.2) is 48.0 Å². The van der Waals surface area contributed by atoms with Gasteiger partial charge < -0.3 is 10.2 Å². The summed E-state index contributed by atoms with van der Waals surface area (Å²) in [5, 5.41) is 23.2. The van der Waals surface area contributed by atoms with Gasteiger partial charge >= 0.3 is 0 Å². The van der Waals surface area contributed by atoms with Gasteiger partial charge in [0.15, 0.2) is 0 Å². The molecule has 8 heteroatoms. The number of nitrogens with one attached hydrogen (secondary N) is 1.